The minimum atomic E-state index is -0.386. The quantitative estimate of drug-likeness (QED) is 0.787. The van der Waals surface area contributed by atoms with Gasteiger partial charge in [0.05, 0.1) is 6.04 Å². The molecule has 1 amide bonds. The molecule has 0 aromatic heterocycles. The van der Waals surface area contributed by atoms with Crippen molar-refractivity contribution in [3.05, 3.63) is 35.4 Å². The predicted molar refractivity (Wildman–Crippen MR) is 103 cm³/mol. The summed E-state index contributed by atoms with van der Waals surface area (Å²) in [5, 5.41) is 3.12. The van der Waals surface area contributed by atoms with Crippen molar-refractivity contribution in [1.29, 1.82) is 0 Å². The van der Waals surface area contributed by atoms with E-state index in [4.69, 9.17) is 5.73 Å². The Morgan fingerprint density at radius 3 is 2.70 bits per heavy atom. The molecule has 0 heterocycles. The summed E-state index contributed by atoms with van der Waals surface area (Å²) < 4.78 is 0. The van der Waals surface area contributed by atoms with Crippen LogP contribution in [0.1, 0.15) is 43.2 Å². The van der Waals surface area contributed by atoms with E-state index in [-0.39, 0.29) is 29.8 Å². The van der Waals surface area contributed by atoms with Crippen LogP contribution in [0.25, 0.3) is 0 Å². The van der Waals surface area contributed by atoms with Gasteiger partial charge in [0.15, 0.2) is 0 Å². The number of benzene rings is 1. The Balaban J connectivity index is 0.00000264. The first kappa shape index (κ1) is 20.3. The molecule has 2 rings (SSSR count). The van der Waals surface area contributed by atoms with Crippen molar-refractivity contribution in [2.75, 3.05) is 18.6 Å². The molecule has 1 aromatic rings. The third-order valence-electron chi connectivity index (χ3n) is 4.76. The van der Waals surface area contributed by atoms with E-state index in [1.54, 1.807) is 11.8 Å². The van der Waals surface area contributed by atoms with E-state index in [0.29, 0.717) is 6.54 Å². The number of rotatable bonds is 7. The molecule has 3 nitrogen and oxygen atoms in total. The smallest absolute Gasteiger partial charge is 0.236 e. The van der Waals surface area contributed by atoms with Gasteiger partial charge in [-0.1, -0.05) is 42.7 Å². The summed E-state index contributed by atoms with van der Waals surface area (Å²) in [5.74, 6) is 0.922. The third-order valence-corrected chi connectivity index (χ3v) is 5.41. The summed E-state index contributed by atoms with van der Waals surface area (Å²) >= 11 is 1.73. The van der Waals surface area contributed by atoms with Crippen molar-refractivity contribution >= 4 is 30.1 Å². The molecule has 23 heavy (non-hydrogen) atoms. The molecular formula is C18H29ClN2OS. The number of carbonyl (C=O) groups excluding carboxylic acids is 1. The number of nitrogens with one attached hydrogen (secondary N) is 1. The fourth-order valence-corrected chi connectivity index (χ4v) is 3.85. The average molecular weight is 357 g/mol. The fraction of sp³-hybridized carbons (Fsp3) is 0.611. The summed E-state index contributed by atoms with van der Waals surface area (Å²) in [6.45, 7) is 2.84. The molecular weight excluding hydrogens is 328 g/mol. The van der Waals surface area contributed by atoms with Crippen LogP contribution >= 0.6 is 24.2 Å². The Labute approximate surface area is 150 Å². The number of halogens is 1. The maximum absolute atomic E-state index is 12.2. The first-order valence-corrected chi connectivity index (χ1v) is 9.56. The van der Waals surface area contributed by atoms with E-state index >= 15 is 0 Å². The molecule has 5 heteroatoms. The second-order valence-corrected chi connectivity index (χ2v) is 7.45. The summed E-state index contributed by atoms with van der Waals surface area (Å²) in [5.41, 5.74) is 8.71. The molecule has 0 saturated heterocycles. The molecule has 0 radical (unpaired) electrons. The van der Waals surface area contributed by atoms with Gasteiger partial charge in [-0.2, -0.15) is 11.8 Å². The molecule has 1 fully saturated rings. The number of hydrogen-bond donors (Lipinski definition) is 2. The summed E-state index contributed by atoms with van der Waals surface area (Å²) in [6.07, 6.45) is 7.55. The lowest BCUT2D eigenvalue weighted by molar-refractivity contribution is -0.122. The molecule has 0 spiro atoms. The van der Waals surface area contributed by atoms with Crippen molar-refractivity contribution in [2.45, 2.75) is 50.5 Å². The van der Waals surface area contributed by atoms with E-state index in [0.717, 1.165) is 25.0 Å². The van der Waals surface area contributed by atoms with Gasteiger partial charge >= 0.3 is 0 Å². The lowest BCUT2D eigenvalue weighted by Gasteiger charge is -2.31. The van der Waals surface area contributed by atoms with Crippen LogP contribution in [0.5, 0.6) is 0 Å². The molecule has 3 N–H and O–H groups in total. The highest BCUT2D eigenvalue weighted by atomic mass is 35.5. The van der Waals surface area contributed by atoms with Gasteiger partial charge in [0, 0.05) is 12.0 Å². The Bertz CT molecular complexity index is 504. The molecule has 130 valence electrons. The van der Waals surface area contributed by atoms with Crippen LogP contribution in [-0.2, 0) is 10.2 Å². The molecule has 1 aliphatic carbocycles. The van der Waals surface area contributed by atoms with E-state index < -0.39 is 0 Å². The second kappa shape index (κ2) is 9.55. The van der Waals surface area contributed by atoms with E-state index in [2.05, 4.69) is 36.5 Å². The molecule has 0 aliphatic heterocycles. The van der Waals surface area contributed by atoms with E-state index in [1.807, 2.05) is 6.26 Å². The van der Waals surface area contributed by atoms with Gasteiger partial charge in [-0.15, -0.1) is 12.4 Å². The predicted octanol–water partition coefficient (Wildman–Crippen LogP) is 3.43. The van der Waals surface area contributed by atoms with Gasteiger partial charge in [0.25, 0.3) is 0 Å². The molecule has 1 aromatic carbocycles. The van der Waals surface area contributed by atoms with Crippen LogP contribution in [0, 0.1) is 6.92 Å². The number of nitrogens with two attached hydrogens (primary N) is 1. The van der Waals surface area contributed by atoms with Crippen LogP contribution in [0.4, 0.5) is 0 Å². The SMILES string of the molecule is CSCC[C@H](N)C(=O)NCC1(c2cccc(C)c2)CCCC1.Cl. The highest BCUT2D eigenvalue weighted by Gasteiger charge is 2.36. The number of amides is 1. The summed E-state index contributed by atoms with van der Waals surface area (Å²) in [6, 6.07) is 8.34. The Kier molecular flexibility index (Phi) is 8.45. The largest absolute Gasteiger partial charge is 0.354 e. The maximum atomic E-state index is 12.2. The van der Waals surface area contributed by atoms with Crippen LogP contribution in [0.15, 0.2) is 24.3 Å². The van der Waals surface area contributed by atoms with Gasteiger partial charge in [-0.25, -0.2) is 0 Å². The van der Waals surface area contributed by atoms with Crippen molar-refractivity contribution in [3.63, 3.8) is 0 Å². The van der Waals surface area contributed by atoms with Gasteiger partial charge in [0.1, 0.15) is 0 Å². The van der Waals surface area contributed by atoms with Crippen LogP contribution < -0.4 is 11.1 Å². The van der Waals surface area contributed by atoms with E-state index in [9.17, 15) is 4.79 Å². The monoisotopic (exact) mass is 356 g/mol. The van der Waals surface area contributed by atoms with Crippen LogP contribution in [0.3, 0.4) is 0 Å². The molecule has 1 atom stereocenters. The minimum absolute atomic E-state index is 0. The fourth-order valence-electron chi connectivity index (χ4n) is 3.36. The van der Waals surface area contributed by atoms with E-state index in [1.165, 1.54) is 24.0 Å². The number of thioether (sulfide) groups is 1. The topological polar surface area (TPSA) is 55.1 Å². The standard InChI is InChI=1S/C18H28N2OS.ClH/c1-14-6-5-7-15(12-14)18(9-3-4-10-18)13-20-17(21)16(19)8-11-22-2;/h5-7,12,16H,3-4,8-11,13,19H2,1-2H3,(H,20,21);1H/t16-;/m0./s1. The van der Waals surface area contributed by atoms with Crippen LogP contribution in [-0.4, -0.2) is 30.5 Å². The zero-order valence-electron chi connectivity index (χ0n) is 14.1. The normalized spacial score (nSPS) is 17.3. The Hall–Kier alpha value is -0.710. The average Bonchev–Trinajstić information content (AvgIpc) is 3.00. The third kappa shape index (κ3) is 5.40. The highest BCUT2D eigenvalue weighted by Crippen LogP contribution is 2.40. The Morgan fingerprint density at radius 2 is 2.09 bits per heavy atom. The number of aryl methyl sites for hydroxylation is 1. The summed E-state index contributed by atoms with van der Waals surface area (Å²) in [7, 11) is 0. The van der Waals surface area contributed by atoms with Gasteiger partial charge in [-0.05, 0) is 43.8 Å². The molecule has 1 saturated carbocycles. The number of hydrogen-bond acceptors (Lipinski definition) is 3. The Morgan fingerprint density at radius 1 is 1.39 bits per heavy atom. The maximum Gasteiger partial charge on any atom is 0.236 e. The van der Waals surface area contributed by atoms with Crippen molar-refractivity contribution < 1.29 is 4.79 Å². The second-order valence-electron chi connectivity index (χ2n) is 6.46. The lowest BCUT2D eigenvalue weighted by Crippen LogP contribution is -2.46. The molecule has 0 unspecified atom stereocenters. The van der Waals surface area contributed by atoms with Crippen LogP contribution in [0.2, 0.25) is 0 Å². The van der Waals surface area contributed by atoms with Gasteiger partial charge in [0.2, 0.25) is 5.91 Å². The first-order valence-electron chi connectivity index (χ1n) is 8.17. The van der Waals surface area contributed by atoms with Crippen molar-refractivity contribution in [1.82, 2.24) is 5.32 Å². The van der Waals surface area contributed by atoms with Crippen molar-refractivity contribution in [2.24, 2.45) is 5.73 Å². The summed E-state index contributed by atoms with van der Waals surface area (Å²) in [4.78, 5) is 12.2. The highest BCUT2D eigenvalue weighted by molar-refractivity contribution is 7.98. The lowest BCUT2D eigenvalue weighted by atomic mass is 9.78. The van der Waals surface area contributed by atoms with Crippen molar-refractivity contribution in [3.8, 4) is 0 Å². The first-order chi connectivity index (χ1) is 10.6. The minimum Gasteiger partial charge on any atom is -0.354 e. The van der Waals surface area contributed by atoms with Gasteiger partial charge < -0.3 is 11.1 Å². The zero-order chi connectivity index (χ0) is 16.0. The molecule has 1 aliphatic rings. The van der Waals surface area contributed by atoms with Gasteiger partial charge in [-0.3, -0.25) is 4.79 Å². The molecule has 0 bridgehead atoms. The zero-order valence-corrected chi connectivity index (χ0v) is 15.8. The number of carbonyl (C=O) groups is 1.